The van der Waals surface area contributed by atoms with Crippen molar-refractivity contribution in [1.29, 1.82) is 0 Å². The average molecular weight is 578 g/mol. The Morgan fingerprint density at radius 1 is 0.821 bits per heavy atom. The lowest BCUT2D eigenvalue weighted by Crippen LogP contribution is -2.48. The molecule has 6 heteroatoms. The van der Waals surface area contributed by atoms with E-state index in [1.165, 1.54) is 12.1 Å². The molecule has 3 atom stereocenters. The lowest BCUT2D eigenvalue weighted by Gasteiger charge is -2.37. The summed E-state index contributed by atoms with van der Waals surface area (Å²) in [7, 11) is 0. The van der Waals surface area contributed by atoms with Gasteiger partial charge < -0.3 is 4.90 Å². The lowest BCUT2D eigenvalue weighted by molar-refractivity contribution is 0.0666. The number of hydrogen-bond acceptors (Lipinski definition) is 4. The van der Waals surface area contributed by atoms with Crippen molar-refractivity contribution in [2.75, 3.05) is 4.90 Å². The highest BCUT2D eigenvalue weighted by Crippen LogP contribution is 2.61. The normalized spacial score (nSPS) is 22.1. The van der Waals surface area contributed by atoms with Gasteiger partial charge in [-0.2, -0.15) is 0 Å². The summed E-state index contributed by atoms with van der Waals surface area (Å²) >= 11 is 3.53. The van der Waals surface area contributed by atoms with E-state index >= 15 is 0 Å². The Bertz CT molecular complexity index is 1680. The number of benzene rings is 4. The molecule has 39 heavy (non-hydrogen) atoms. The van der Waals surface area contributed by atoms with Crippen molar-refractivity contribution in [2.24, 2.45) is 5.41 Å². The molecule has 4 nitrogen and oxygen atoms in total. The monoisotopic (exact) mass is 577 g/mol. The van der Waals surface area contributed by atoms with Crippen LogP contribution in [-0.2, 0) is 0 Å². The van der Waals surface area contributed by atoms with Gasteiger partial charge in [-0.15, -0.1) is 0 Å². The standard InChI is InChI=1S/C33H21BrFNO3/c34-22-13-16-26-21(18-22)12-17-27-33(31(38)24-8-4-5-9-25(24)32(33)39)28(19-10-14-23(35)15-11-19)29(36(26)27)30(37)20-6-2-1-3-7-20/h1-18,27-29H/t27-,28-,29+/m1/s1. The van der Waals surface area contributed by atoms with E-state index < -0.39 is 29.2 Å². The lowest BCUT2D eigenvalue weighted by atomic mass is 9.64. The molecule has 2 heterocycles. The summed E-state index contributed by atoms with van der Waals surface area (Å²) < 4.78 is 15.0. The number of anilines is 1. The van der Waals surface area contributed by atoms with Gasteiger partial charge in [-0.05, 0) is 41.5 Å². The molecule has 0 N–H and O–H groups in total. The van der Waals surface area contributed by atoms with E-state index in [2.05, 4.69) is 15.9 Å². The van der Waals surface area contributed by atoms with E-state index in [1.54, 1.807) is 60.7 Å². The molecule has 0 radical (unpaired) electrons. The van der Waals surface area contributed by atoms with Gasteiger partial charge >= 0.3 is 0 Å². The largest absolute Gasteiger partial charge is 0.352 e. The molecule has 1 spiro atoms. The summed E-state index contributed by atoms with van der Waals surface area (Å²) in [5.74, 6) is -2.10. The zero-order valence-electron chi connectivity index (χ0n) is 20.6. The van der Waals surface area contributed by atoms with Crippen LogP contribution in [0.4, 0.5) is 10.1 Å². The molecule has 4 aromatic rings. The third-order valence-corrected chi connectivity index (χ3v) is 8.82. The third-order valence-electron chi connectivity index (χ3n) is 8.32. The smallest absolute Gasteiger partial charge is 0.185 e. The molecular weight excluding hydrogens is 557 g/mol. The number of fused-ring (bicyclic) bond motifs is 5. The molecule has 2 aliphatic heterocycles. The van der Waals surface area contributed by atoms with Gasteiger partial charge in [0.05, 0.1) is 6.04 Å². The van der Waals surface area contributed by atoms with Crippen LogP contribution < -0.4 is 4.90 Å². The zero-order chi connectivity index (χ0) is 26.9. The number of hydrogen-bond donors (Lipinski definition) is 0. The van der Waals surface area contributed by atoms with Gasteiger partial charge in [0.25, 0.3) is 0 Å². The summed E-state index contributed by atoms with van der Waals surface area (Å²) in [5.41, 5.74) is 1.81. The Balaban J connectivity index is 1.55. The fourth-order valence-electron chi connectivity index (χ4n) is 6.76. The van der Waals surface area contributed by atoms with Crippen molar-refractivity contribution in [3.05, 3.63) is 141 Å². The first-order valence-corrected chi connectivity index (χ1v) is 13.5. The van der Waals surface area contributed by atoms with Crippen LogP contribution in [0.5, 0.6) is 0 Å². The average Bonchev–Trinajstić information content (AvgIpc) is 3.39. The molecule has 0 saturated carbocycles. The Morgan fingerprint density at radius 3 is 2.13 bits per heavy atom. The van der Waals surface area contributed by atoms with Gasteiger partial charge in [0.1, 0.15) is 17.3 Å². The first-order chi connectivity index (χ1) is 18.9. The predicted octanol–water partition coefficient (Wildman–Crippen LogP) is 6.90. The van der Waals surface area contributed by atoms with E-state index in [9.17, 15) is 18.8 Å². The van der Waals surface area contributed by atoms with E-state index in [-0.39, 0.29) is 17.3 Å². The second-order valence-electron chi connectivity index (χ2n) is 10.2. The Morgan fingerprint density at radius 2 is 1.46 bits per heavy atom. The summed E-state index contributed by atoms with van der Waals surface area (Å²) in [6, 6.07) is 25.8. The number of rotatable bonds is 3. The topological polar surface area (TPSA) is 54.5 Å². The quantitative estimate of drug-likeness (QED) is 0.196. The van der Waals surface area contributed by atoms with Crippen LogP contribution in [-0.4, -0.2) is 29.4 Å². The molecule has 0 unspecified atom stereocenters. The highest BCUT2D eigenvalue weighted by atomic mass is 79.9. The number of halogens is 2. The van der Waals surface area contributed by atoms with E-state index in [0.717, 1.165) is 15.7 Å². The first kappa shape index (κ1) is 23.9. The van der Waals surface area contributed by atoms with Gasteiger partial charge in [-0.1, -0.05) is 94.8 Å². The van der Waals surface area contributed by atoms with Crippen LogP contribution in [0.2, 0.25) is 0 Å². The third kappa shape index (κ3) is 3.24. The number of carbonyl (C=O) groups is 3. The van der Waals surface area contributed by atoms with Gasteiger partial charge in [-0.25, -0.2) is 4.39 Å². The molecule has 0 aromatic heterocycles. The fraction of sp³-hybridized carbons (Fsp3) is 0.121. The van der Waals surface area contributed by atoms with Gasteiger partial charge in [0.2, 0.25) is 0 Å². The Kier molecular flexibility index (Phi) is 5.32. The minimum absolute atomic E-state index is 0.201. The van der Waals surface area contributed by atoms with Gasteiger partial charge in [0.15, 0.2) is 17.3 Å². The maximum Gasteiger partial charge on any atom is 0.185 e. The zero-order valence-corrected chi connectivity index (χ0v) is 22.1. The summed E-state index contributed by atoms with van der Waals surface area (Å²) in [5, 5.41) is 0. The van der Waals surface area contributed by atoms with Crippen molar-refractivity contribution < 1.29 is 18.8 Å². The number of nitrogens with zero attached hydrogens (tertiary/aromatic N) is 1. The minimum atomic E-state index is -1.60. The van der Waals surface area contributed by atoms with Crippen LogP contribution in [0.15, 0.2) is 108 Å². The summed E-state index contributed by atoms with van der Waals surface area (Å²) in [6.45, 7) is 0. The van der Waals surface area contributed by atoms with Crippen molar-refractivity contribution >= 4 is 45.0 Å². The molecule has 7 rings (SSSR count). The second-order valence-corrected chi connectivity index (χ2v) is 11.1. The molecule has 1 saturated heterocycles. The van der Waals surface area contributed by atoms with E-state index in [1.807, 2.05) is 41.3 Å². The maximum absolute atomic E-state index is 14.5. The highest BCUT2D eigenvalue weighted by Gasteiger charge is 2.71. The Labute approximate surface area is 232 Å². The van der Waals surface area contributed by atoms with Crippen LogP contribution >= 0.6 is 15.9 Å². The molecule has 3 aliphatic rings. The number of Topliss-reactive ketones (excluding diaryl/α,β-unsaturated/α-hetero) is 3. The van der Waals surface area contributed by atoms with Gasteiger partial charge in [-0.3, -0.25) is 14.4 Å². The molecule has 1 aliphatic carbocycles. The van der Waals surface area contributed by atoms with Crippen molar-refractivity contribution in [3.63, 3.8) is 0 Å². The van der Waals surface area contributed by atoms with Crippen LogP contribution in [0.3, 0.4) is 0 Å². The van der Waals surface area contributed by atoms with Crippen LogP contribution in [0.1, 0.15) is 48.1 Å². The molecule has 1 fully saturated rings. The SMILES string of the molecule is O=C(c1ccccc1)[C@@H]1[C@@H](c2ccc(F)cc2)C2(C(=O)c3ccccc3C2=O)[C@H]2C=Cc3cc(Br)ccc3N12. The molecule has 0 amide bonds. The van der Waals surface area contributed by atoms with E-state index in [4.69, 9.17) is 0 Å². The van der Waals surface area contributed by atoms with Crippen LogP contribution in [0, 0.1) is 11.2 Å². The second kappa shape index (κ2) is 8.68. The highest BCUT2D eigenvalue weighted by molar-refractivity contribution is 9.10. The molecule has 190 valence electrons. The van der Waals surface area contributed by atoms with Crippen LogP contribution in [0.25, 0.3) is 6.08 Å². The van der Waals surface area contributed by atoms with Crippen molar-refractivity contribution in [1.82, 2.24) is 0 Å². The fourth-order valence-corrected chi connectivity index (χ4v) is 7.14. The van der Waals surface area contributed by atoms with Crippen molar-refractivity contribution in [2.45, 2.75) is 18.0 Å². The summed E-state index contributed by atoms with van der Waals surface area (Å²) in [6.07, 6.45) is 3.80. The number of carbonyl (C=O) groups excluding carboxylic acids is 3. The Hall–Kier alpha value is -4.16. The van der Waals surface area contributed by atoms with Crippen molar-refractivity contribution in [3.8, 4) is 0 Å². The molecule has 0 bridgehead atoms. The number of ketones is 3. The maximum atomic E-state index is 14.5. The summed E-state index contributed by atoms with van der Waals surface area (Å²) in [4.78, 5) is 45.5. The minimum Gasteiger partial charge on any atom is -0.352 e. The molecule has 4 aromatic carbocycles. The first-order valence-electron chi connectivity index (χ1n) is 12.7. The van der Waals surface area contributed by atoms with E-state index in [0.29, 0.717) is 22.3 Å². The molecular formula is C33H21BrFNO3. The van der Waals surface area contributed by atoms with Gasteiger partial charge in [0, 0.05) is 32.8 Å². The predicted molar refractivity (Wildman–Crippen MR) is 151 cm³/mol.